The van der Waals surface area contributed by atoms with Crippen LogP contribution in [0.4, 0.5) is 11.4 Å². The van der Waals surface area contributed by atoms with Crippen molar-refractivity contribution in [3.63, 3.8) is 0 Å². The molecule has 6 nitrogen and oxygen atoms in total. The van der Waals surface area contributed by atoms with Gasteiger partial charge in [-0.05, 0) is 25.1 Å². The molecule has 2 rings (SSSR count). The van der Waals surface area contributed by atoms with Crippen LogP contribution in [0.25, 0.3) is 0 Å². The van der Waals surface area contributed by atoms with E-state index in [1.165, 1.54) is 19.1 Å². The smallest absolute Gasteiger partial charge is 0.270 e. The van der Waals surface area contributed by atoms with Crippen LogP contribution in [0.1, 0.15) is 23.0 Å². The molecule has 20 heavy (non-hydrogen) atoms. The van der Waals surface area contributed by atoms with E-state index in [2.05, 4.69) is 0 Å². The number of nitro benzene ring substituents is 1. The summed E-state index contributed by atoms with van der Waals surface area (Å²) in [5.41, 5.74) is 0.873. The summed E-state index contributed by atoms with van der Waals surface area (Å²) < 4.78 is 5.25. The first-order valence-corrected chi connectivity index (χ1v) is 6.02. The van der Waals surface area contributed by atoms with Crippen LogP contribution < -0.4 is 4.90 Å². The van der Waals surface area contributed by atoms with E-state index in [-0.39, 0.29) is 11.5 Å². The summed E-state index contributed by atoms with van der Waals surface area (Å²) in [5, 5.41) is 10.8. The number of carbonyl (C=O) groups is 1. The predicted molar refractivity (Wildman–Crippen MR) is 73.9 cm³/mol. The van der Waals surface area contributed by atoms with Gasteiger partial charge in [0.2, 0.25) is 0 Å². The van der Waals surface area contributed by atoms with Crippen LogP contribution in [0.3, 0.4) is 0 Å². The minimum absolute atomic E-state index is 0.0923. The topological polar surface area (TPSA) is 76.6 Å². The first-order chi connectivity index (χ1) is 9.49. The quantitative estimate of drug-likeness (QED) is 0.476. The van der Waals surface area contributed by atoms with Crippen LogP contribution in [0, 0.1) is 10.1 Å². The van der Waals surface area contributed by atoms with E-state index < -0.39 is 4.92 Å². The molecule has 0 bridgehead atoms. The highest BCUT2D eigenvalue weighted by Crippen LogP contribution is 2.26. The molecule has 0 radical (unpaired) electrons. The van der Waals surface area contributed by atoms with E-state index >= 15 is 0 Å². The lowest BCUT2D eigenvalue weighted by Gasteiger charge is -2.20. The van der Waals surface area contributed by atoms with Gasteiger partial charge in [-0.3, -0.25) is 14.9 Å². The van der Waals surface area contributed by atoms with Gasteiger partial charge in [-0.25, -0.2) is 0 Å². The van der Waals surface area contributed by atoms with Gasteiger partial charge in [0.25, 0.3) is 5.69 Å². The van der Waals surface area contributed by atoms with Gasteiger partial charge in [0.05, 0.1) is 17.7 Å². The Hall–Kier alpha value is -2.63. The van der Waals surface area contributed by atoms with E-state index in [9.17, 15) is 14.9 Å². The highest BCUT2D eigenvalue weighted by Gasteiger charge is 2.17. The molecule has 104 valence electrons. The normalized spacial score (nSPS) is 10.3. The zero-order chi connectivity index (χ0) is 14.7. The van der Waals surface area contributed by atoms with E-state index in [4.69, 9.17) is 4.42 Å². The number of carbonyl (C=O) groups excluding carboxylic acids is 1. The van der Waals surface area contributed by atoms with Gasteiger partial charge in [-0.2, -0.15) is 0 Å². The van der Waals surface area contributed by atoms with Crippen molar-refractivity contribution in [1.82, 2.24) is 0 Å². The lowest BCUT2D eigenvalue weighted by atomic mass is 10.1. The van der Waals surface area contributed by atoms with Gasteiger partial charge in [-0.15, -0.1) is 0 Å². The maximum atomic E-state index is 11.7. The van der Waals surface area contributed by atoms with Crippen LogP contribution >= 0.6 is 0 Å². The maximum Gasteiger partial charge on any atom is 0.270 e. The third-order valence-corrected chi connectivity index (χ3v) is 2.95. The minimum Gasteiger partial charge on any atom is -0.467 e. The van der Waals surface area contributed by atoms with E-state index in [1.54, 1.807) is 25.4 Å². The zero-order valence-corrected chi connectivity index (χ0v) is 11.2. The van der Waals surface area contributed by atoms with E-state index in [1.807, 2.05) is 11.0 Å². The number of Topliss-reactive ketones (excluding diaryl/α,β-unsaturated/α-hetero) is 1. The molecule has 2 aromatic rings. The van der Waals surface area contributed by atoms with E-state index in [0.29, 0.717) is 17.8 Å². The molecule has 0 N–H and O–H groups in total. The van der Waals surface area contributed by atoms with Crippen molar-refractivity contribution in [1.29, 1.82) is 0 Å². The predicted octanol–water partition coefficient (Wildman–Crippen LogP) is 3.03. The molecular weight excluding hydrogens is 260 g/mol. The van der Waals surface area contributed by atoms with Gasteiger partial charge in [0.1, 0.15) is 5.76 Å². The number of nitrogens with zero attached hydrogens (tertiary/aromatic N) is 2. The van der Waals surface area contributed by atoms with Crippen molar-refractivity contribution in [2.24, 2.45) is 0 Å². The molecule has 0 aliphatic carbocycles. The molecule has 0 aliphatic heterocycles. The molecule has 1 aromatic carbocycles. The van der Waals surface area contributed by atoms with Crippen molar-refractivity contribution in [3.8, 4) is 0 Å². The van der Waals surface area contributed by atoms with Crippen LogP contribution in [0.5, 0.6) is 0 Å². The third kappa shape index (κ3) is 2.85. The second-order valence-electron chi connectivity index (χ2n) is 4.45. The Labute approximate surface area is 115 Å². The van der Waals surface area contributed by atoms with Gasteiger partial charge >= 0.3 is 0 Å². The highest BCUT2D eigenvalue weighted by molar-refractivity contribution is 6.00. The lowest BCUT2D eigenvalue weighted by Crippen LogP contribution is -2.18. The number of hydrogen-bond acceptors (Lipinski definition) is 5. The number of rotatable bonds is 5. The Kier molecular flexibility index (Phi) is 3.84. The Bertz CT molecular complexity index is 635. The summed E-state index contributed by atoms with van der Waals surface area (Å²) in [5.74, 6) is 0.537. The van der Waals surface area contributed by atoms with Crippen molar-refractivity contribution >= 4 is 17.2 Å². The first kappa shape index (κ1) is 13.8. The molecule has 0 atom stereocenters. The summed E-state index contributed by atoms with van der Waals surface area (Å²) in [4.78, 5) is 23.8. The Morgan fingerprint density at radius 1 is 1.40 bits per heavy atom. The van der Waals surface area contributed by atoms with Crippen LogP contribution in [-0.4, -0.2) is 17.8 Å². The molecule has 0 amide bonds. The Morgan fingerprint density at radius 3 is 2.70 bits per heavy atom. The number of anilines is 1. The third-order valence-electron chi connectivity index (χ3n) is 2.95. The molecule has 6 heteroatoms. The highest BCUT2D eigenvalue weighted by atomic mass is 16.6. The van der Waals surface area contributed by atoms with Crippen molar-refractivity contribution in [3.05, 3.63) is 58.0 Å². The number of ketones is 1. The zero-order valence-electron chi connectivity index (χ0n) is 11.2. The van der Waals surface area contributed by atoms with Crippen LogP contribution in [0.15, 0.2) is 41.0 Å². The molecule has 1 heterocycles. The largest absolute Gasteiger partial charge is 0.467 e. The Morgan fingerprint density at radius 2 is 2.15 bits per heavy atom. The SMILES string of the molecule is CC(=O)c1cc([N+](=O)[O-])ccc1N(C)Cc1ccco1. The summed E-state index contributed by atoms with van der Waals surface area (Å²) >= 11 is 0. The number of furan rings is 1. The summed E-state index contributed by atoms with van der Waals surface area (Å²) in [6.45, 7) is 1.87. The van der Waals surface area contributed by atoms with Crippen LogP contribution in [0.2, 0.25) is 0 Å². The number of nitro groups is 1. The van der Waals surface area contributed by atoms with Crippen LogP contribution in [-0.2, 0) is 6.54 Å². The van der Waals surface area contributed by atoms with Gasteiger partial charge < -0.3 is 9.32 Å². The molecular formula is C14H14N2O4. The maximum absolute atomic E-state index is 11.7. The summed E-state index contributed by atoms with van der Waals surface area (Å²) in [6.07, 6.45) is 1.57. The van der Waals surface area contributed by atoms with Gasteiger partial charge in [0.15, 0.2) is 5.78 Å². The Balaban J connectivity index is 2.35. The monoisotopic (exact) mass is 274 g/mol. The summed E-state index contributed by atoms with van der Waals surface area (Å²) in [7, 11) is 1.80. The molecule has 1 aromatic heterocycles. The average molecular weight is 274 g/mol. The standard InChI is InChI=1S/C14H14N2O4/c1-10(17)13-8-11(16(18)19)5-6-14(13)15(2)9-12-4-3-7-20-12/h3-8H,9H2,1-2H3. The fourth-order valence-electron chi connectivity index (χ4n) is 1.97. The number of benzene rings is 1. The molecule has 0 unspecified atom stereocenters. The molecule has 0 fully saturated rings. The lowest BCUT2D eigenvalue weighted by molar-refractivity contribution is -0.384. The molecule has 0 aliphatic rings. The number of non-ortho nitro benzene ring substituents is 1. The van der Waals surface area contributed by atoms with Crippen molar-refractivity contribution in [2.45, 2.75) is 13.5 Å². The molecule has 0 spiro atoms. The van der Waals surface area contributed by atoms with E-state index in [0.717, 1.165) is 5.76 Å². The fourth-order valence-corrected chi connectivity index (χ4v) is 1.97. The minimum atomic E-state index is -0.511. The second kappa shape index (κ2) is 5.56. The van der Waals surface area contributed by atoms with Crippen molar-refractivity contribution < 1.29 is 14.1 Å². The van der Waals surface area contributed by atoms with Crippen molar-refractivity contribution in [2.75, 3.05) is 11.9 Å². The van der Waals surface area contributed by atoms with Gasteiger partial charge in [-0.1, -0.05) is 0 Å². The molecule has 0 saturated carbocycles. The fraction of sp³-hybridized carbons (Fsp3) is 0.214. The van der Waals surface area contributed by atoms with Gasteiger partial charge in [0, 0.05) is 30.4 Å². The average Bonchev–Trinajstić information content (AvgIpc) is 2.90. The molecule has 0 saturated heterocycles. The number of hydrogen-bond donors (Lipinski definition) is 0. The first-order valence-electron chi connectivity index (χ1n) is 6.02. The second-order valence-corrected chi connectivity index (χ2v) is 4.45. The summed E-state index contributed by atoms with van der Waals surface area (Å²) in [6, 6.07) is 7.88.